The van der Waals surface area contributed by atoms with Crippen LogP contribution in [0.25, 0.3) is 22.6 Å². The molecular formula is C26H33N3O2. The summed E-state index contributed by atoms with van der Waals surface area (Å²) in [5.74, 6) is 1.71. The maximum atomic E-state index is 11.3. The third-order valence-corrected chi connectivity index (χ3v) is 5.45. The molecule has 0 radical (unpaired) electrons. The first-order valence-corrected chi connectivity index (χ1v) is 11.2. The van der Waals surface area contributed by atoms with Crippen molar-refractivity contribution in [2.75, 3.05) is 6.61 Å². The zero-order valence-electron chi connectivity index (χ0n) is 18.6. The van der Waals surface area contributed by atoms with Gasteiger partial charge in [0.15, 0.2) is 0 Å². The molecule has 0 fully saturated rings. The monoisotopic (exact) mass is 419 g/mol. The Morgan fingerprint density at radius 2 is 1.68 bits per heavy atom. The molecule has 3 N–H and O–H groups in total. The number of hydrogen-bond donors (Lipinski definition) is 2. The Morgan fingerprint density at radius 3 is 2.35 bits per heavy atom. The van der Waals surface area contributed by atoms with Gasteiger partial charge in [0, 0.05) is 17.3 Å². The van der Waals surface area contributed by atoms with E-state index in [0.717, 1.165) is 47.0 Å². The summed E-state index contributed by atoms with van der Waals surface area (Å²) in [6.45, 7) is 4.52. The summed E-state index contributed by atoms with van der Waals surface area (Å²) in [5.41, 5.74) is 9.82. The number of ketones is 1. The van der Waals surface area contributed by atoms with E-state index in [9.17, 15) is 4.79 Å². The van der Waals surface area contributed by atoms with E-state index < -0.39 is 6.04 Å². The number of benzene rings is 2. The highest BCUT2D eigenvalue weighted by molar-refractivity contribution is 5.81. The van der Waals surface area contributed by atoms with Crippen LogP contribution in [0.5, 0.6) is 5.75 Å². The number of carbonyl (C=O) groups is 1. The quantitative estimate of drug-likeness (QED) is 0.377. The molecule has 0 aliphatic carbocycles. The fourth-order valence-corrected chi connectivity index (χ4v) is 3.43. The van der Waals surface area contributed by atoms with E-state index in [4.69, 9.17) is 15.5 Å². The lowest BCUT2D eigenvalue weighted by Gasteiger charge is -2.08. The second kappa shape index (κ2) is 11.5. The number of rotatable bonds is 12. The van der Waals surface area contributed by atoms with E-state index in [1.165, 1.54) is 32.6 Å². The largest absolute Gasteiger partial charge is 0.494 e. The molecule has 2 aromatic carbocycles. The predicted octanol–water partition coefficient (Wildman–Crippen LogP) is 5.55. The van der Waals surface area contributed by atoms with Crippen molar-refractivity contribution in [1.82, 2.24) is 9.97 Å². The number of nitrogens with zero attached hydrogens (tertiary/aromatic N) is 1. The Kier molecular flexibility index (Phi) is 8.42. The van der Waals surface area contributed by atoms with Gasteiger partial charge in [0.25, 0.3) is 0 Å². The van der Waals surface area contributed by atoms with Gasteiger partial charge in [-0.15, -0.1) is 0 Å². The van der Waals surface area contributed by atoms with E-state index in [2.05, 4.69) is 11.9 Å². The lowest BCUT2D eigenvalue weighted by atomic mass is 10.0. The van der Waals surface area contributed by atoms with Gasteiger partial charge in [0.2, 0.25) is 0 Å². The van der Waals surface area contributed by atoms with E-state index in [1.807, 2.05) is 54.7 Å². The number of carbonyl (C=O) groups excluding carboxylic acids is 1. The van der Waals surface area contributed by atoms with Gasteiger partial charge in [-0.1, -0.05) is 56.9 Å². The molecule has 5 heteroatoms. The minimum atomic E-state index is -0.450. The first-order valence-electron chi connectivity index (χ1n) is 11.2. The Labute approximate surface area is 185 Å². The van der Waals surface area contributed by atoms with Crippen molar-refractivity contribution in [2.24, 2.45) is 5.73 Å². The molecule has 1 heterocycles. The number of nitrogens with two attached hydrogens (primary N) is 1. The van der Waals surface area contributed by atoms with Crippen molar-refractivity contribution < 1.29 is 9.53 Å². The molecule has 5 nitrogen and oxygen atoms in total. The average Bonchev–Trinajstić information content (AvgIpc) is 3.27. The van der Waals surface area contributed by atoms with Gasteiger partial charge in [-0.3, -0.25) is 4.79 Å². The van der Waals surface area contributed by atoms with Crippen LogP contribution in [0.1, 0.15) is 51.5 Å². The molecular weight excluding hydrogens is 386 g/mol. The van der Waals surface area contributed by atoms with Crippen LogP contribution in [-0.4, -0.2) is 28.4 Å². The summed E-state index contributed by atoms with van der Waals surface area (Å²) in [4.78, 5) is 19.3. The van der Waals surface area contributed by atoms with Gasteiger partial charge in [0.1, 0.15) is 17.4 Å². The molecule has 0 unspecified atom stereocenters. The summed E-state index contributed by atoms with van der Waals surface area (Å²) in [5, 5.41) is 0. The summed E-state index contributed by atoms with van der Waals surface area (Å²) in [6, 6.07) is 15.6. The Morgan fingerprint density at radius 1 is 1.00 bits per heavy atom. The van der Waals surface area contributed by atoms with Gasteiger partial charge >= 0.3 is 0 Å². The van der Waals surface area contributed by atoms with Crippen LogP contribution in [0.3, 0.4) is 0 Å². The Balaban J connectivity index is 1.56. The molecule has 0 aliphatic rings. The number of aromatic nitrogens is 2. The number of imidazole rings is 1. The summed E-state index contributed by atoms with van der Waals surface area (Å²) >= 11 is 0. The molecule has 164 valence electrons. The molecule has 1 atom stereocenters. The normalized spacial score (nSPS) is 12.0. The van der Waals surface area contributed by atoms with E-state index in [0.29, 0.717) is 6.42 Å². The number of nitrogens with one attached hydrogen (secondary N) is 1. The first-order chi connectivity index (χ1) is 15.1. The van der Waals surface area contributed by atoms with Crippen LogP contribution in [0.15, 0.2) is 54.7 Å². The van der Waals surface area contributed by atoms with Crippen molar-refractivity contribution in [3.05, 3.63) is 60.3 Å². The maximum Gasteiger partial charge on any atom is 0.146 e. The predicted molar refractivity (Wildman–Crippen MR) is 126 cm³/mol. The van der Waals surface area contributed by atoms with E-state index in [1.54, 1.807) is 0 Å². The van der Waals surface area contributed by atoms with E-state index >= 15 is 0 Å². The Hall–Kier alpha value is -2.92. The Bertz CT molecular complexity index is 946. The zero-order chi connectivity index (χ0) is 22.1. The molecule has 3 rings (SSSR count). The minimum absolute atomic E-state index is 0.00291. The smallest absolute Gasteiger partial charge is 0.146 e. The van der Waals surface area contributed by atoms with Crippen molar-refractivity contribution in [2.45, 2.75) is 58.4 Å². The van der Waals surface area contributed by atoms with Crippen LogP contribution in [0.4, 0.5) is 0 Å². The number of H-pyrrole nitrogens is 1. The topological polar surface area (TPSA) is 81.0 Å². The molecule has 31 heavy (non-hydrogen) atoms. The third kappa shape index (κ3) is 6.79. The molecule has 0 spiro atoms. The van der Waals surface area contributed by atoms with Crippen LogP contribution in [-0.2, 0) is 11.2 Å². The highest BCUT2D eigenvalue weighted by atomic mass is 16.5. The average molecular weight is 420 g/mol. The van der Waals surface area contributed by atoms with Gasteiger partial charge < -0.3 is 15.5 Å². The number of hydrogen-bond acceptors (Lipinski definition) is 4. The molecule has 3 aromatic rings. The SMILES string of the molecule is CCCCCCCOc1ccc(-c2c[nH]c(-c3ccc(C[C@H](N)C(C)=O)cc3)n2)cc1. The molecule has 0 bridgehead atoms. The minimum Gasteiger partial charge on any atom is -0.494 e. The van der Waals surface area contributed by atoms with Crippen LogP contribution in [0, 0.1) is 0 Å². The number of aromatic amines is 1. The van der Waals surface area contributed by atoms with Crippen molar-refractivity contribution in [3.8, 4) is 28.4 Å². The lowest BCUT2D eigenvalue weighted by molar-refractivity contribution is -0.118. The van der Waals surface area contributed by atoms with Crippen LogP contribution in [0.2, 0.25) is 0 Å². The standard InChI is InChI=1S/C26H33N3O2/c1-3-4-5-6-7-16-31-23-14-12-21(13-15-23)25-18-28-26(29-25)22-10-8-20(9-11-22)17-24(27)19(2)30/h8-15,18,24H,3-7,16-17,27H2,1-2H3,(H,28,29)/t24-/m0/s1. The van der Waals surface area contributed by atoms with E-state index in [-0.39, 0.29) is 5.78 Å². The fraction of sp³-hybridized carbons (Fsp3) is 0.385. The first kappa shape index (κ1) is 22.8. The van der Waals surface area contributed by atoms with Crippen LogP contribution < -0.4 is 10.5 Å². The lowest BCUT2D eigenvalue weighted by Crippen LogP contribution is -2.30. The van der Waals surface area contributed by atoms with Gasteiger partial charge in [-0.05, 0) is 49.6 Å². The number of ether oxygens (including phenoxy) is 1. The fourth-order valence-electron chi connectivity index (χ4n) is 3.43. The van der Waals surface area contributed by atoms with Gasteiger partial charge in [-0.2, -0.15) is 0 Å². The second-order valence-electron chi connectivity index (χ2n) is 8.04. The van der Waals surface area contributed by atoms with Gasteiger partial charge in [-0.25, -0.2) is 4.98 Å². The number of Topliss-reactive ketones (excluding diaryl/α,β-unsaturated/α-hetero) is 1. The maximum absolute atomic E-state index is 11.3. The summed E-state index contributed by atoms with van der Waals surface area (Å²) in [7, 11) is 0. The summed E-state index contributed by atoms with van der Waals surface area (Å²) in [6.07, 6.45) is 8.65. The highest BCUT2D eigenvalue weighted by Crippen LogP contribution is 2.24. The molecule has 0 amide bonds. The third-order valence-electron chi connectivity index (χ3n) is 5.45. The van der Waals surface area contributed by atoms with Crippen molar-refractivity contribution >= 4 is 5.78 Å². The molecule has 0 saturated heterocycles. The molecule has 0 saturated carbocycles. The van der Waals surface area contributed by atoms with Crippen molar-refractivity contribution in [1.29, 1.82) is 0 Å². The summed E-state index contributed by atoms with van der Waals surface area (Å²) < 4.78 is 5.85. The van der Waals surface area contributed by atoms with Crippen LogP contribution >= 0.6 is 0 Å². The van der Waals surface area contributed by atoms with Gasteiger partial charge in [0.05, 0.1) is 18.3 Å². The van der Waals surface area contributed by atoms with Crippen molar-refractivity contribution in [3.63, 3.8) is 0 Å². The second-order valence-corrected chi connectivity index (χ2v) is 8.04. The highest BCUT2D eigenvalue weighted by Gasteiger charge is 2.10. The zero-order valence-corrected chi connectivity index (χ0v) is 18.6. The molecule has 0 aliphatic heterocycles. The number of unbranched alkanes of at least 4 members (excludes halogenated alkanes) is 4. The molecule has 1 aromatic heterocycles.